The molecule has 2 amide bonds. The molecule has 2 aliphatic rings. The van der Waals surface area contributed by atoms with E-state index in [1.807, 2.05) is 0 Å². The Morgan fingerprint density at radius 1 is 1.27 bits per heavy atom. The Kier molecular flexibility index (Phi) is 3.47. The van der Waals surface area contributed by atoms with Crippen molar-refractivity contribution in [2.75, 3.05) is 6.54 Å². The summed E-state index contributed by atoms with van der Waals surface area (Å²) in [7, 11) is 0. The van der Waals surface area contributed by atoms with Gasteiger partial charge in [0.2, 0.25) is 11.8 Å². The van der Waals surface area contributed by atoms with Crippen molar-refractivity contribution in [2.45, 2.75) is 38.0 Å². The number of likely N-dealkylation sites (tertiary alicyclic amines) is 1. The maximum Gasteiger partial charge on any atom is 0.269 e. The van der Waals surface area contributed by atoms with E-state index >= 15 is 0 Å². The summed E-state index contributed by atoms with van der Waals surface area (Å²) in [6.07, 6.45) is 3.39. The molecule has 1 aromatic carbocycles. The Bertz CT molecular complexity index is 640. The Hall–Kier alpha value is -2.24. The number of rotatable bonds is 6. The smallest absolute Gasteiger partial charge is 0.269 e. The number of carbonyl (C=O) groups excluding carboxylic acids is 2. The number of imide groups is 1. The number of nitro groups is 1. The van der Waals surface area contributed by atoms with Crippen molar-refractivity contribution in [3.05, 3.63) is 39.9 Å². The van der Waals surface area contributed by atoms with E-state index in [1.54, 1.807) is 12.1 Å². The fourth-order valence-corrected chi connectivity index (χ4v) is 3.38. The van der Waals surface area contributed by atoms with Gasteiger partial charge in [-0.25, -0.2) is 0 Å². The van der Waals surface area contributed by atoms with Gasteiger partial charge in [-0.05, 0) is 18.4 Å². The summed E-state index contributed by atoms with van der Waals surface area (Å²) in [6, 6.07) is 6.02. The quantitative estimate of drug-likeness (QED) is 0.350. The zero-order valence-electron chi connectivity index (χ0n) is 12.4. The molecule has 1 aromatic rings. The molecule has 1 aliphatic heterocycles. The summed E-state index contributed by atoms with van der Waals surface area (Å²) in [4.78, 5) is 36.6. The molecule has 22 heavy (non-hydrogen) atoms. The van der Waals surface area contributed by atoms with Crippen LogP contribution < -0.4 is 0 Å². The van der Waals surface area contributed by atoms with Crippen molar-refractivity contribution in [3.63, 3.8) is 0 Å². The van der Waals surface area contributed by atoms with Crippen LogP contribution in [-0.4, -0.2) is 28.2 Å². The fraction of sp³-hybridized carbons (Fsp3) is 0.500. The highest BCUT2D eigenvalue weighted by Gasteiger charge is 2.72. The van der Waals surface area contributed by atoms with E-state index in [0.717, 1.165) is 24.8 Å². The molecule has 2 fully saturated rings. The highest BCUT2D eigenvalue weighted by Crippen LogP contribution is 2.60. The van der Waals surface area contributed by atoms with Crippen LogP contribution in [0.15, 0.2) is 24.3 Å². The van der Waals surface area contributed by atoms with Crippen molar-refractivity contribution >= 4 is 17.5 Å². The monoisotopic (exact) mass is 302 g/mol. The second-order valence-corrected chi connectivity index (χ2v) is 6.03. The van der Waals surface area contributed by atoms with Crippen molar-refractivity contribution in [1.29, 1.82) is 0 Å². The SMILES string of the molecule is CCCCCN1C(=O)C2CC2(c2ccc([N+](=O)[O-])cc2)C1=O. The lowest BCUT2D eigenvalue weighted by molar-refractivity contribution is -0.384. The average Bonchev–Trinajstić information content (AvgIpc) is 3.23. The first-order valence-corrected chi connectivity index (χ1v) is 7.63. The third-order valence-electron chi connectivity index (χ3n) is 4.73. The largest absolute Gasteiger partial charge is 0.282 e. The van der Waals surface area contributed by atoms with Gasteiger partial charge in [0, 0.05) is 18.7 Å². The standard InChI is InChI=1S/C16H18N2O4/c1-2-3-4-9-17-14(19)13-10-16(13,15(17)20)11-5-7-12(8-6-11)18(21)22/h5-8,13H,2-4,9-10H2,1H3. The number of benzene rings is 1. The van der Waals surface area contributed by atoms with Crippen LogP contribution in [0.4, 0.5) is 5.69 Å². The maximum atomic E-state index is 12.7. The third-order valence-corrected chi connectivity index (χ3v) is 4.73. The van der Waals surface area contributed by atoms with Gasteiger partial charge in [0.05, 0.1) is 16.3 Å². The van der Waals surface area contributed by atoms with Gasteiger partial charge in [0.15, 0.2) is 0 Å². The van der Waals surface area contributed by atoms with E-state index in [0.29, 0.717) is 13.0 Å². The molecule has 6 heteroatoms. The minimum Gasteiger partial charge on any atom is -0.282 e. The van der Waals surface area contributed by atoms with Gasteiger partial charge in [0.25, 0.3) is 5.69 Å². The lowest BCUT2D eigenvalue weighted by Crippen LogP contribution is -2.37. The zero-order chi connectivity index (χ0) is 15.9. The number of hydrogen-bond donors (Lipinski definition) is 0. The van der Waals surface area contributed by atoms with Gasteiger partial charge in [0.1, 0.15) is 0 Å². The summed E-state index contributed by atoms with van der Waals surface area (Å²) in [5, 5.41) is 10.7. The third kappa shape index (κ3) is 2.01. The molecule has 2 atom stereocenters. The number of non-ortho nitro benzene ring substituents is 1. The number of nitro benzene ring substituents is 1. The Labute approximate surface area is 128 Å². The van der Waals surface area contributed by atoms with Crippen molar-refractivity contribution in [2.24, 2.45) is 5.92 Å². The van der Waals surface area contributed by atoms with Crippen molar-refractivity contribution in [1.82, 2.24) is 4.90 Å². The molecule has 0 spiro atoms. The second kappa shape index (κ2) is 5.19. The Morgan fingerprint density at radius 2 is 1.95 bits per heavy atom. The van der Waals surface area contributed by atoms with Gasteiger partial charge in [-0.3, -0.25) is 24.6 Å². The summed E-state index contributed by atoms with van der Waals surface area (Å²) in [5.74, 6) is -0.491. The Morgan fingerprint density at radius 3 is 2.55 bits per heavy atom. The van der Waals surface area contributed by atoms with E-state index in [9.17, 15) is 19.7 Å². The van der Waals surface area contributed by atoms with Crippen LogP contribution in [0.3, 0.4) is 0 Å². The molecule has 1 aliphatic carbocycles. The highest BCUT2D eigenvalue weighted by atomic mass is 16.6. The van der Waals surface area contributed by atoms with E-state index in [2.05, 4.69) is 6.92 Å². The van der Waals surface area contributed by atoms with E-state index in [1.165, 1.54) is 17.0 Å². The van der Waals surface area contributed by atoms with E-state index in [4.69, 9.17) is 0 Å². The molecule has 2 unspecified atom stereocenters. The van der Waals surface area contributed by atoms with Gasteiger partial charge in [-0.15, -0.1) is 0 Å². The molecule has 3 rings (SSSR count). The first-order valence-electron chi connectivity index (χ1n) is 7.63. The fourth-order valence-electron chi connectivity index (χ4n) is 3.38. The number of fused-ring (bicyclic) bond motifs is 1. The molecule has 116 valence electrons. The molecule has 0 N–H and O–H groups in total. The first-order chi connectivity index (χ1) is 10.5. The molecular weight excluding hydrogens is 284 g/mol. The molecule has 0 aromatic heterocycles. The highest BCUT2D eigenvalue weighted by molar-refractivity contribution is 6.15. The van der Waals surface area contributed by atoms with Crippen LogP contribution in [0.1, 0.15) is 38.2 Å². The summed E-state index contributed by atoms with van der Waals surface area (Å²) in [6.45, 7) is 2.56. The van der Waals surface area contributed by atoms with Gasteiger partial charge in [-0.1, -0.05) is 31.9 Å². The minimum atomic E-state index is -0.752. The lowest BCUT2D eigenvalue weighted by atomic mass is 9.94. The normalized spacial score (nSPS) is 26.2. The van der Waals surface area contributed by atoms with Gasteiger partial charge >= 0.3 is 0 Å². The number of amides is 2. The average molecular weight is 302 g/mol. The van der Waals surface area contributed by atoms with E-state index < -0.39 is 10.3 Å². The van der Waals surface area contributed by atoms with Crippen LogP contribution in [0.5, 0.6) is 0 Å². The minimum absolute atomic E-state index is 0.00563. The first kappa shape index (κ1) is 14.7. The predicted octanol–water partition coefficient (Wildman–Crippen LogP) is 2.41. The summed E-state index contributed by atoms with van der Waals surface area (Å²) < 4.78 is 0. The van der Waals surface area contributed by atoms with Gasteiger partial charge in [-0.2, -0.15) is 0 Å². The lowest BCUT2D eigenvalue weighted by Gasteiger charge is -2.19. The number of piperidine rings is 1. The molecule has 1 saturated heterocycles. The van der Waals surface area contributed by atoms with Crippen LogP contribution >= 0.6 is 0 Å². The molecular formula is C16H18N2O4. The van der Waals surface area contributed by atoms with Crippen molar-refractivity contribution in [3.8, 4) is 0 Å². The maximum absolute atomic E-state index is 12.7. The van der Waals surface area contributed by atoms with Crippen LogP contribution in [0.25, 0.3) is 0 Å². The van der Waals surface area contributed by atoms with Crippen LogP contribution in [0.2, 0.25) is 0 Å². The second-order valence-electron chi connectivity index (χ2n) is 6.03. The molecule has 6 nitrogen and oxygen atoms in total. The molecule has 1 saturated carbocycles. The van der Waals surface area contributed by atoms with Crippen molar-refractivity contribution < 1.29 is 14.5 Å². The number of hydrogen-bond acceptors (Lipinski definition) is 4. The summed E-state index contributed by atoms with van der Waals surface area (Å²) >= 11 is 0. The molecule has 0 radical (unpaired) electrons. The molecule has 1 heterocycles. The number of unbranched alkanes of at least 4 members (excludes halogenated alkanes) is 2. The van der Waals surface area contributed by atoms with E-state index in [-0.39, 0.29) is 23.4 Å². The van der Waals surface area contributed by atoms with Gasteiger partial charge < -0.3 is 0 Å². The zero-order valence-corrected chi connectivity index (χ0v) is 12.4. The van der Waals surface area contributed by atoms with Crippen LogP contribution in [-0.2, 0) is 15.0 Å². The summed E-state index contributed by atoms with van der Waals surface area (Å²) in [5.41, 5.74) is -0.0355. The molecule has 0 bridgehead atoms. The van der Waals surface area contributed by atoms with Crippen LogP contribution in [0, 0.1) is 16.0 Å². The predicted molar refractivity (Wildman–Crippen MR) is 79.1 cm³/mol. The topological polar surface area (TPSA) is 80.5 Å². The Balaban J connectivity index is 1.81. The number of nitrogens with zero attached hydrogens (tertiary/aromatic N) is 2. The number of carbonyl (C=O) groups is 2.